The average Bonchev–Trinajstić information content (AvgIpc) is 3.49. The van der Waals surface area contributed by atoms with Crippen LogP contribution in [0.2, 0.25) is 0 Å². The first-order valence-corrected chi connectivity index (χ1v) is 10.9. The Morgan fingerprint density at radius 3 is 2.76 bits per heavy atom. The van der Waals surface area contributed by atoms with Crippen LogP contribution < -0.4 is 16.4 Å². The maximum atomic E-state index is 14.2. The summed E-state index contributed by atoms with van der Waals surface area (Å²) in [6.07, 6.45) is 7.39. The van der Waals surface area contributed by atoms with E-state index in [0.717, 1.165) is 18.7 Å². The van der Waals surface area contributed by atoms with Gasteiger partial charge in [0, 0.05) is 44.5 Å². The number of aromatic nitrogens is 4. The van der Waals surface area contributed by atoms with Crippen LogP contribution in [0.4, 0.5) is 10.3 Å². The van der Waals surface area contributed by atoms with Gasteiger partial charge in [0.05, 0.1) is 0 Å². The van der Waals surface area contributed by atoms with E-state index in [1.54, 1.807) is 26.4 Å². The van der Waals surface area contributed by atoms with Crippen molar-refractivity contribution in [2.24, 2.45) is 10.7 Å². The standard InChI is InChI=1S/C23H27FN8O/c1-26-12-16(10-25)15-7-13(8-17(24)9-15)11-28-22(33)19-18-21(32-23(27-2)30-19)31-20(29-18)14-5-3-4-6-14/h7-10,12,14H,3-6,11,25H2,1-2H3,(H,28,33)(H2,27,29,30,31,32). The Balaban J connectivity index is 1.60. The van der Waals surface area contributed by atoms with Crippen molar-refractivity contribution in [1.29, 1.82) is 0 Å². The van der Waals surface area contributed by atoms with E-state index in [1.165, 1.54) is 31.2 Å². The van der Waals surface area contributed by atoms with Gasteiger partial charge in [0.1, 0.15) is 17.2 Å². The number of nitrogens with one attached hydrogen (secondary N) is 3. The molecule has 4 rings (SSSR count). The van der Waals surface area contributed by atoms with Crippen LogP contribution in [0.5, 0.6) is 0 Å². The molecule has 0 aliphatic heterocycles. The van der Waals surface area contributed by atoms with Gasteiger partial charge in [-0.3, -0.25) is 9.79 Å². The number of carbonyl (C=O) groups excluding carboxylic acids is 1. The van der Waals surface area contributed by atoms with Crippen LogP contribution in [-0.2, 0) is 6.54 Å². The number of hydrogen-bond acceptors (Lipinski definition) is 7. The summed E-state index contributed by atoms with van der Waals surface area (Å²) in [6, 6.07) is 4.49. The fourth-order valence-electron chi connectivity index (χ4n) is 4.12. The van der Waals surface area contributed by atoms with E-state index in [1.807, 2.05) is 0 Å². The monoisotopic (exact) mass is 450 g/mol. The lowest BCUT2D eigenvalue weighted by Gasteiger charge is -2.09. The number of aromatic amines is 1. The topological polar surface area (TPSA) is 134 Å². The molecule has 1 aliphatic rings. The molecule has 0 spiro atoms. The second-order valence-corrected chi connectivity index (χ2v) is 7.99. The Kier molecular flexibility index (Phi) is 6.62. The first kappa shape index (κ1) is 22.4. The van der Waals surface area contributed by atoms with E-state index >= 15 is 0 Å². The van der Waals surface area contributed by atoms with Crippen LogP contribution in [0.25, 0.3) is 16.7 Å². The minimum Gasteiger partial charge on any atom is -0.404 e. The summed E-state index contributed by atoms with van der Waals surface area (Å²) in [6.45, 7) is 0.106. The number of hydrogen-bond donors (Lipinski definition) is 4. The lowest BCUT2D eigenvalue weighted by atomic mass is 10.0. The highest BCUT2D eigenvalue weighted by Gasteiger charge is 2.24. The van der Waals surface area contributed by atoms with Gasteiger partial charge >= 0.3 is 0 Å². The van der Waals surface area contributed by atoms with E-state index in [0.29, 0.717) is 39.7 Å². The number of fused-ring (bicyclic) bond motifs is 1. The third-order valence-corrected chi connectivity index (χ3v) is 5.74. The number of imidazole rings is 1. The van der Waals surface area contributed by atoms with Crippen LogP contribution in [0, 0.1) is 5.82 Å². The molecule has 2 heterocycles. The van der Waals surface area contributed by atoms with Gasteiger partial charge < -0.3 is 21.4 Å². The van der Waals surface area contributed by atoms with Crippen molar-refractivity contribution in [3.05, 3.63) is 52.9 Å². The maximum absolute atomic E-state index is 14.2. The molecule has 0 saturated heterocycles. The summed E-state index contributed by atoms with van der Waals surface area (Å²) in [7, 11) is 3.29. The minimum absolute atomic E-state index is 0.106. The molecule has 1 aromatic carbocycles. The third kappa shape index (κ3) is 4.84. The fraction of sp³-hybridized carbons (Fsp3) is 0.348. The third-order valence-electron chi connectivity index (χ3n) is 5.74. The van der Waals surface area contributed by atoms with Gasteiger partial charge in [0.25, 0.3) is 5.91 Å². The number of nitrogens with zero attached hydrogens (tertiary/aromatic N) is 4. The van der Waals surface area contributed by atoms with Crippen molar-refractivity contribution in [2.75, 3.05) is 19.4 Å². The van der Waals surface area contributed by atoms with Crippen LogP contribution in [0.15, 0.2) is 29.4 Å². The second-order valence-electron chi connectivity index (χ2n) is 7.99. The van der Waals surface area contributed by atoms with Crippen molar-refractivity contribution in [1.82, 2.24) is 25.3 Å². The van der Waals surface area contributed by atoms with Gasteiger partial charge in [0.15, 0.2) is 11.3 Å². The quantitative estimate of drug-likeness (QED) is 0.409. The lowest BCUT2D eigenvalue weighted by molar-refractivity contribution is 0.0947. The molecule has 172 valence electrons. The zero-order valence-corrected chi connectivity index (χ0v) is 18.7. The summed E-state index contributed by atoms with van der Waals surface area (Å²) in [4.78, 5) is 33.6. The van der Waals surface area contributed by atoms with Crippen molar-refractivity contribution in [3.8, 4) is 0 Å². The van der Waals surface area contributed by atoms with E-state index in [-0.39, 0.29) is 12.2 Å². The Bertz CT molecular complexity index is 1230. The molecule has 0 atom stereocenters. The largest absolute Gasteiger partial charge is 0.404 e. The summed E-state index contributed by atoms with van der Waals surface area (Å²) < 4.78 is 14.2. The summed E-state index contributed by atoms with van der Waals surface area (Å²) in [5.41, 5.74) is 8.52. The highest BCUT2D eigenvalue weighted by molar-refractivity contribution is 6.09. The van der Waals surface area contributed by atoms with Gasteiger partial charge in [0.2, 0.25) is 5.95 Å². The van der Waals surface area contributed by atoms with Crippen LogP contribution in [0.3, 0.4) is 0 Å². The number of halogens is 1. The van der Waals surface area contributed by atoms with Gasteiger partial charge in [-0.1, -0.05) is 12.8 Å². The average molecular weight is 451 g/mol. The van der Waals surface area contributed by atoms with E-state index in [2.05, 4.69) is 35.6 Å². The maximum Gasteiger partial charge on any atom is 0.272 e. The Morgan fingerprint density at radius 1 is 1.27 bits per heavy atom. The van der Waals surface area contributed by atoms with Gasteiger partial charge in [-0.2, -0.15) is 4.98 Å². The zero-order chi connectivity index (χ0) is 23.4. The number of nitrogens with two attached hydrogens (primary N) is 1. The molecule has 0 radical (unpaired) electrons. The van der Waals surface area contributed by atoms with Gasteiger partial charge in [-0.15, -0.1) is 0 Å². The number of aliphatic imine (C=N–C) groups is 1. The summed E-state index contributed by atoms with van der Waals surface area (Å²) in [5, 5.41) is 5.70. The molecule has 0 bridgehead atoms. The van der Waals surface area contributed by atoms with Crippen LogP contribution in [0.1, 0.15) is 59.0 Å². The number of amides is 1. The molecule has 2 aromatic heterocycles. The number of allylic oxidation sites excluding steroid dienone is 1. The number of H-pyrrole nitrogens is 1. The molecule has 1 amide bonds. The van der Waals surface area contributed by atoms with Crippen LogP contribution >= 0.6 is 0 Å². The van der Waals surface area contributed by atoms with E-state index in [9.17, 15) is 9.18 Å². The molecule has 1 fully saturated rings. The lowest BCUT2D eigenvalue weighted by Crippen LogP contribution is -2.25. The predicted octanol–water partition coefficient (Wildman–Crippen LogP) is 3.12. The zero-order valence-electron chi connectivity index (χ0n) is 18.7. The van der Waals surface area contributed by atoms with E-state index < -0.39 is 11.7 Å². The minimum atomic E-state index is -0.433. The number of anilines is 1. The Morgan fingerprint density at radius 2 is 2.06 bits per heavy atom. The number of rotatable bonds is 7. The molecule has 0 unspecified atom stereocenters. The molecule has 3 aromatic rings. The Labute approximate surface area is 190 Å². The van der Waals surface area contributed by atoms with Crippen molar-refractivity contribution in [3.63, 3.8) is 0 Å². The first-order valence-electron chi connectivity index (χ1n) is 10.9. The van der Waals surface area contributed by atoms with Crippen molar-refractivity contribution in [2.45, 2.75) is 38.1 Å². The second kappa shape index (κ2) is 9.76. The normalized spacial score (nSPS) is 14.9. The molecule has 10 heteroatoms. The molecule has 1 saturated carbocycles. The van der Waals surface area contributed by atoms with Crippen molar-refractivity contribution < 1.29 is 9.18 Å². The summed E-state index contributed by atoms with van der Waals surface area (Å²) >= 11 is 0. The number of carbonyl (C=O) groups is 1. The fourth-order valence-corrected chi connectivity index (χ4v) is 4.12. The summed E-state index contributed by atoms with van der Waals surface area (Å²) in [5.74, 6) is 0.651. The van der Waals surface area contributed by atoms with Crippen LogP contribution in [-0.4, -0.2) is 46.2 Å². The highest BCUT2D eigenvalue weighted by atomic mass is 19.1. The predicted molar refractivity (Wildman–Crippen MR) is 127 cm³/mol. The molecule has 5 N–H and O–H groups in total. The smallest absolute Gasteiger partial charge is 0.272 e. The first-order chi connectivity index (χ1) is 16.0. The van der Waals surface area contributed by atoms with Gasteiger partial charge in [-0.05, 0) is 42.2 Å². The molecule has 9 nitrogen and oxygen atoms in total. The Hall–Kier alpha value is -3.82. The van der Waals surface area contributed by atoms with E-state index in [4.69, 9.17) is 5.73 Å². The van der Waals surface area contributed by atoms with Gasteiger partial charge in [-0.25, -0.2) is 14.4 Å². The van der Waals surface area contributed by atoms with Crippen molar-refractivity contribution >= 4 is 34.8 Å². The molecular formula is C23H27FN8O. The molecule has 33 heavy (non-hydrogen) atoms. The SMILES string of the molecule is CN=CC(=CN)c1cc(F)cc(CNC(=O)c2nc(NC)nc3nc(C4CCCC4)[nH]c23)c1. The molecular weight excluding hydrogens is 423 g/mol. The highest BCUT2D eigenvalue weighted by Crippen LogP contribution is 2.33. The molecule has 1 aliphatic carbocycles. The number of benzene rings is 1.